The molecule has 0 fully saturated rings. The number of rotatable bonds is 0. The minimum absolute atomic E-state index is 0.00838. The fourth-order valence-electron chi connectivity index (χ4n) is 1.95. The molecule has 1 N–H and O–H groups in total. The molecule has 14 heavy (non-hydrogen) atoms. The second-order valence-corrected chi connectivity index (χ2v) is 4.74. The Morgan fingerprint density at radius 3 is 2.79 bits per heavy atom. The highest BCUT2D eigenvalue weighted by Gasteiger charge is 2.22. The van der Waals surface area contributed by atoms with Crippen LogP contribution in [0.3, 0.4) is 0 Å². The number of aromatic nitrogens is 2. The first-order chi connectivity index (χ1) is 6.50. The first kappa shape index (κ1) is 9.31. The number of fused-ring (bicyclic) bond motifs is 1. The number of hydrogen-bond donors (Lipinski definition) is 1. The molecule has 1 aliphatic carbocycles. The number of aryl methyl sites for hydroxylation is 1. The normalized spacial score (nSPS) is 15.6. The second kappa shape index (κ2) is 2.87. The van der Waals surface area contributed by atoms with Crippen molar-refractivity contribution in [3.8, 4) is 0 Å². The Morgan fingerprint density at radius 2 is 2.14 bits per heavy atom. The van der Waals surface area contributed by atoms with Gasteiger partial charge in [-0.2, -0.15) is 0 Å². The monoisotopic (exact) mass is 192 g/mol. The van der Waals surface area contributed by atoms with E-state index in [0.29, 0.717) is 0 Å². The van der Waals surface area contributed by atoms with Crippen molar-refractivity contribution < 1.29 is 0 Å². The Balaban J connectivity index is 2.67. The number of imidazole rings is 1. The molecule has 1 aromatic heterocycles. The SMILES string of the molecule is CC(C)(C)n1c2c([nH]c1=O)CCC=C2. The lowest BCUT2D eigenvalue weighted by Gasteiger charge is -2.22. The molecule has 0 aliphatic heterocycles. The van der Waals surface area contributed by atoms with E-state index >= 15 is 0 Å². The van der Waals surface area contributed by atoms with E-state index in [9.17, 15) is 4.79 Å². The van der Waals surface area contributed by atoms with Crippen LogP contribution in [0.25, 0.3) is 6.08 Å². The number of hydrogen-bond acceptors (Lipinski definition) is 1. The molecule has 1 heterocycles. The molecule has 0 radical (unpaired) electrons. The lowest BCUT2D eigenvalue weighted by molar-refractivity contribution is 0.382. The van der Waals surface area contributed by atoms with Crippen molar-refractivity contribution in [3.63, 3.8) is 0 Å². The smallest absolute Gasteiger partial charge is 0.309 e. The molecular formula is C11H16N2O. The van der Waals surface area contributed by atoms with Crippen LogP contribution < -0.4 is 5.69 Å². The maximum absolute atomic E-state index is 11.7. The summed E-state index contributed by atoms with van der Waals surface area (Å²) < 4.78 is 1.83. The summed E-state index contributed by atoms with van der Waals surface area (Å²) in [5.41, 5.74) is 1.98. The molecule has 0 saturated heterocycles. The van der Waals surface area contributed by atoms with Gasteiger partial charge in [-0.05, 0) is 39.7 Å². The predicted octanol–water partition coefficient (Wildman–Crippen LogP) is 1.89. The van der Waals surface area contributed by atoms with E-state index in [1.807, 2.05) is 31.4 Å². The Hall–Kier alpha value is -1.25. The molecule has 76 valence electrons. The van der Waals surface area contributed by atoms with Crippen LogP contribution in [-0.2, 0) is 12.0 Å². The van der Waals surface area contributed by atoms with Gasteiger partial charge in [-0.3, -0.25) is 4.57 Å². The Labute approximate surface area is 83.5 Å². The Morgan fingerprint density at radius 1 is 1.43 bits per heavy atom. The third-order valence-corrected chi connectivity index (χ3v) is 2.52. The van der Waals surface area contributed by atoms with Gasteiger partial charge < -0.3 is 4.98 Å². The van der Waals surface area contributed by atoms with Crippen LogP contribution in [0.4, 0.5) is 0 Å². The highest BCUT2D eigenvalue weighted by atomic mass is 16.1. The number of H-pyrrole nitrogens is 1. The molecule has 0 saturated carbocycles. The standard InChI is InChI=1S/C11H16N2O/c1-11(2,3)13-9-7-5-4-6-8(9)12-10(13)14/h5,7H,4,6H2,1-3H3,(H,12,14). The highest BCUT2D eigenvalue weighted by molar-refractivity contribution is 5.51. The van der Waals surface area contributed by atoms with E-state index in [2.05, 4.69) is 11.1 Å². The third-order valence-electron chi connectivity index (χ3n) is 2.52. The van der Waals surface area contributed by atoms with Crippen LogP contribution in [0.15, 0.2) is 10.9 Å². The van der Waals surface area contributed by atoms with Gasteiger partial charge in [0.05, 0.1) is 5.69 Å². The molecule has 0 unspecified atom stereocenters. The minimum Gasteiger partial charge on any atom is -0.309 e. The number of allylic oxidation sites excluding steroid dienone is 1. The molecule has 0 bridgehead atoms. The molecule has 1 aliphatic rings. The van der Waals surface area contributed by atoms with Crippen molar-refractivity contribution in [3.05, 3.63) is 27.9 Å². The van der Waals surface area contributed by atoms with E-state index in [4.69, 9.17) is 0 Å². The van der Waals surface area contributed by atoms with Gasteiger partial charge in [0, 0.05) is 11.2 Å². The lowest BCUT2D eigenvalue weighted by atomic mass is 10.0. The molecule has 2 rings (SSSR count). The van der Waals surface area contributed by atoms with Gasteiger partial charge >= 0.3 is 5.69 Å². The van der Waals surface area contributed by atoms with Crippen molar-refractivity contribution in [2.45, 2.75) is 39.2 Å². The average molecular weight is 192 g/mol. The summed E-state index contributed by atoms with van der Waals surface area (Å²) in [7, 11) is 0. The minimum atomic E-state index is -0.150. The van der Waals surface area contributed by atoms with Crippen molar-refractivity contribution in [1.82, 2.24) is 9.55 Å². The Kier molecular flexibility index (Phi) is 1.91. The largest absolute Gasteiger partial charge is 0.326 e. The summed E-state index contributed by atoms with van der Waals surface area (Å²) in [5, 5.41) is 0. The van der Waals surface area contributed by atoms with Gasteiger partial charge in [-0.1, -0.05) is 6.08 Å². The van der Waals surface area contributed by atoms with Crippen LogP contribution in [0.2, 0.25) is 0 Å². The first-order valence-electron chi connectivity index (χ1n) is 5.01. The van der Waals surface area contributed by atoms with Gasteiger partial charge in [0.25, 0.3) is 0 Å². The molecule has 0 atom stereocenters. The third kappa shape index (κ3) is 1.33. The predicted molar refractivity (Wildman–Crippen MR) is 57.4 cm³/mol. The Bertz CT molecular complexity index is 429. The van der Waals surface area contributed by atoms with Crippen LogP contribution >= 0.6 is 0 Å². The second-order valence-electron chi connectivity index (χ2n) is 4.74. The summed E-state index contributed by atoms with van der Waals surface area (Å²) in [6, 6.07) is 0. The summed E-state index contributed by atoms with van der Waals surface area (Å²) in [4.78, 5) is 14.7. The van der Waals surface area contributed by atoms with E-state index < -0.39 is 0 Å². The van der Waals surface area contributed by atoms with Crippen LogP contribution in [0.1, 0.15) is 38.6 Å². The average Bonchev–Trinajstić information content (AvgIpc) is 2.38. The molecule has 3 heteroatoms. The molecule has 1 aromatic rings. The maximum Gasteiger partial charge on any atom is 0.326 e. The summed E-state index contributed by atoms with van der Waals surface area (Å²) >= 11 is 0. The van der Waals surface area contributed by atoms with Crippen LogP contribution in [0, 0.1) is 0 Å². The van der Waals surface area contributed by atoms with Crippen molar-refractivity contribution >= 4 is 6.08 Å². The van der Waals surface area contributed by atoms with Gasteiger partial charge in [-0.25, -0.2) is 4.79 Å². The summed E-state index contributed by atoms with van der Waals surface area (Å²) in [6.07, 6.45) is 6.14. The topological polar surface area (TPSA) is 37.8 Å². The molecule has 3 nitrogen and oxygen atoms in total. The lowest BCUT2D eigenvalue weighted by Crippen LogP contribution is -2.32. The zero-order valence-electron chi connectivity index (χ0n) is 8.92. The summed E-state index contributed by atoms with van der Waals surface area (Å²) in [5.74, 6) is 0. The van der Waals surface area contributed by atoms with Gasteiger partial charge in [0.15, 0.2) is 0 Å². The van der Waals surface area contributed by atoms with Crippen molar-refractivity contribution in [2.24, 2.45) is 0 Å². The zero-order chi connectivity index (χ0) is 10.3. The number of nitrogens with one attached hydrogen (secondary N) is 1. The molecule has 0 spiro atoms. The first-order valence-corrected chi connectivity index (χ1v) is 5.01. The van der Waals surface area contributed by atoms with E-state index in [0.717, 1.165) is 24.2 Å². The van der Waals surface area contributed by atoms with Crippen LogP contribution in [0.5, 0.6) is 0 Å². The number of aromatic amines is 1. The van der Waals surface area contributed by atoms with E-state index in [1.54, 1.807) is 0 Å². The quantitative estimate of drug-likeness (QED) is 0.669. The van der Waals surface area contributed by atoms with E-state index in [-0.39, 0.29) is 11.2 Å². The van der Waals surface area contributed by atoms with E-state index in [1.165, 1.54) is 0 Å². The van der Waals surface area contributed by atoms with Crippen LogP contribution in [-0.4, -0.2) is 9.55 Å². The van der Waals surface area contributed by atoms with Gasteiger partial charge in [-0.15, -0.1) is 0 Å². The summed E-state index contributed by atoms with van der Waals surface area (Å²) in [6.45, 7) is 6.14. The number of nitrogens with zero attached hydrogens (tertiary/aromatic N) is 1. The fraction of sp³-hybridized carbons (Fsp3) is 0.545. The van der Waals surface area contributed by atoms with Crippen molar-refractivity contribution in [1.29, 1.82) is 0 Å². The molecular weight excluding hydrogens is 176 g/mol. The maximum atomic E-state index is 11.7. The fourth-order valence-corrected chi connectivity index (χ4v) is 1.95. The van der Waals surface area contributed by atoms with Gasteiger partial charge in [0.1, 0.15) is 0 Å². The molecule has 0 aromatic carbocycles. The van der Waals surface area contributed by atoms with Gasteiger partial charge in [0.2, 0.25) is 0 Å². The zero-order valence-corrected chi connectivity index (χ0v) is 8.92. The molecule has 0 amide bonds. The van der Waals surface area contributed by atoms with Crippen molar-refractivity contribution in [2.75, 3.05) is 0 Å². The highest BCUT2D eigenvalue weighted by Crippen LogP contribution is 2.21.